The van der Waals surface area contributed by atoms with Gasteiger partial charge in [0.05, 0.1) is 18.3 Å². The Bertz CT molecular complexity index is 523. The molecule has 0 aromatic heterocycles. The maximum absolute atomic E-state index is 12.2. The molecule has 0 bridgehead atoms. The predicted molar refractivity (Wildman–Crippen MR) is 111 cm³/mol. The van der Waals surface area contributed by atoms with Gasteiger partial charge in [0.1, 0.15) is 5.78 Å². The van der Waals surface area contributed by atoms with Gasteiger partial charge in [0.15, 0.2) is 0 Å². The monoisotopic (exact) mass is 394 g/mol. The van der Waals surface area contributed by atoms with Crippen LogP contribution < -0.4 is 0 Å². The van der Waals surface area contributed by atoms with E-state index in [-0.39, 0.29) is 36.1 Å². The van der Waals surface area contributed by atoms with Crippen molar-refractivity contribution in [3.05, 3.63) is 24.3 Å². The van der Waals surface area contributed by atoms with Crippen molar-refractivity contribution < 1.29 is 24.5 Å². The lowest BCUT2D eigenvalue weighted by Crippen LogP contribution is -2.18. The summed E-state index contributed by atoms with van der Waals surface area (Å²) in [5, 5.41) is 20.2. The summed E-state index contributed by atoms with van der Waals surface area (Å²) in [4.78, 5) is 23.7. The molecule has 4 atom stereocenters. The van der Waals surface area contributed by atoms with Crippen molar-refractivity contribution in [3.63, 3.8) is 0 Å². The Kier molecular flexibility index (Phi) is 12.0. The van der Waals surface area contributed by atoms with Crippen LogP contribution in [0.3, 0.4) is 0 Å². The van der Waals surface area contributed by atoms with Gasteiger partial charge in [-0.3, -0.25) is 9.59 Å². The number of carbonyl (C=O) groups is 2. The molecular weight excluding hydrogens is 356 g/mol. The normalized spacial score (nSPS) is 23.9. The van der Waals surface area contributed by atoms with Crippen molar-refractivity contribution in [1.29, 1.82) is 0 Å². The van der Waals surface area contributed by atoms with Gasteiger partial charge >= 0.3 is 5.97 Å². The number of aliphatic hydroxyl groups excluding tert-OH is 2. The average molecular weight is 395 g/mol. The molecule has 0 spiro atoms. The molecule has 1 saturated carbocycles. The molecule has 0 aromatic rings. The SMILES string of the molecule is CCCCC[C@H](O)C=C[C@H]1[C@H](O)CC(=O)[C@@H]1CC=CCCCC(=O)OC(C)C. The fourth-order valence-corrected chi connectivity index (χ4v) is 3.53. The Morgan fingerprint density at radius 3 is 2.68 bits per heavy atom. The third-order valence-corrected chi connectivity index (χ3v) is 5.07. The molecule has 1 aliphatic carbocycles. The fraction of sp³-hybridized carbons (Fsp3) is 0.739. The first-order chi connectivity index (χ1) is 13.3. The number of carbonyl (C=O) groups excluding carboxylic acids is 2. The van der Waals surface area contributed by atoms with Gasteiger partial charge in [-0.2, -0.15) is 0 Å². The third kappa shape index (κ3) is 9.65. The van der Waals surface area contributed by atoms with Crippen molar-refractivity contribution in [2.45, 2.75) is 96.9 Å². The average Bonchev–Trinajstić information content (AvgIpc) is 2.88. The molecule has 0 unspecified atom stereocenters. The lowest BCUT2D eigenvalue weighted by molar-refractivity contribution is -0.147. The van der Waals surface area contributed by atoms with Crippen molar-refractivity contribution >= 4 is 11.8 Å². The van der Waals surface area contributed by atoms with Gasteiger partial charge < -0.3 is 14.9 Å². The van der Waals surface area contributed by atoms with E-state index in [9.17, 15) is 19.8 Å². The molecule has 0 amide bonds. The minimum Gasteiger partial charge on any atom is -0.463 e. The van der Waals surface area contributed by atoms with Crippen LogP contribution in [-0.4, -0.2) is 40.3 Å². The van der Waals surface area contributed by atoms with E-state index in [1.54, 1.807) is 6.08 Å². The molecule has 160 valence electrons. The Balaban J connectivity index is 2.42. The minimum absolute atomic E-state index is 0.0767. The number of ether oxygens (including phenoxy) is 1. The molecule has 0 aliphatic heterocycles. The number of Topliss-reactive ketones (excluding diaryl/α,β-unsaturated/α-hetero) is 1. The topological polar surface area (TPSA) is 83.8 Å². The van der Waals surface area contributed by atoms with Crippen LogP contribution in [0.25, 0.3) is 0 Å². The van der Waals surface area contributed by atoms with Crippen LogP contribution in [0.4, 0.5) is 0 Å². The highest BCUT2D eigenvalue weighted by molar-refractivity contribution is 5.84. The lowest BCUT2D eigenvalue weighted by Gasteiger charge is -2.16. The van der Waals surface area contributed by atoms with Gasteiger partial charge in [-0.1, -0.05) is 50.5 Å². The standard InChI is InChI=1S/C23H38O5/c1-4-5-8-11-18(24)14-15-20-19(21(25)16-22(20)26)12-9-6-7-10-13-23(27)28-17(2)3/h6,9,14-15,17-20,22,24,26H,4-5,7-8,10-13,16H2,1-3H3/t18-,19+,20+,22+/m0/s1. The highest BCUT2D eigenvalue weighted by atomic mass is 16.5. The summed E-state index contributed by atoms with van der Waals surface area (Å²) in [7, 11) is 0. The first kappa shape index (κ1) is 24.6. The van der Waals surface area contributed by atoms with Gasteiger partial charge in [-0.05, 0) is 39.5 Å². The number of ketones is 1. The number of esters is 1. The van der Waals surface area contributed by atoms with Gasteiger partial charge in [0, 0.05) is 24.7 Å². The number of hydrogen-bond acceptors (Lipinski definition) is 5. The first-order valence-corrected chi connectivity index (χ1v) is 10.8. The summed E-state index contributed by atoms with van der Waals surface area (Å²) < 4.78 is 5.09. The van der Waals surface area contributed by atoms with E-state index >= 15 is 0 Å². The van der Waals surface area contributed by atoms with Crippen molar-refractivity contribution in [2.75, 3.05) is 0 Å². The molecular formula is C23H38O5. The van der Waals surface area contributed by atoms with Crippen LogP contribution >= 0.6 is 0 Å². The molecule has 1 fully saturated rings. The number of allylic oxidation sites excluding steroid dienone is 2. The second-order valence-electron chi connectivity index (χ2n) is 8.01. The van der Waals surface area contributed by atoms with E-state index in [1.165, 1.54) is 0 Å². The molecule has 2 N–H and O–H groups in total. The van der Waals surface area contributed by atoms with E-state index in [2.05, 4.69) is 6.92 Å². The molecule has 1 rings (SSSR count). The zero-order chi connectivity index (χ0) is 20.9. The smallest absolute Gasteiger partial charge is 0.306 e. The number of unbranched alkanes of at least 4 members (excludes halogenated alkanes) is 3. The molecule has 0 radical (unpaired) electrons. The van der Waals surface area contributed by atoms with Gasteiger partial charge in [-0.25, -0.2) is 0 Å². The van der Waals surface area contributed by atoms with E-state index < -0.39 is 12.2 Å². The summed E-state index contributed by atoms with van der Waals surface area (Å²) >= 11 is 0. The molecule has 1 aliphatic rings. The maximum Gasteiger partial charge on any atom is 0.306 e. The summed E-state index contributed by atoms with van der Waals surface area (Å²) in [5.41, 5.74) is 0. The van der Waals surface area contributed by atoms with Crippen LogP contribution in [-0.2, 0) is 14.3 Å². The summed E-state index contributed by atoms with van der Waals surface area (Å²) in [6.07, 6.45) is 12.8. The molecule has 0 saturated heterocycles. The Morgan fingerprint density at radius 1 is 1.25 bits per heavy atom. The van der Waals surface area contributed by atoms with Gasteiger partial charge in [-0.15, -0.1) is 0 Å². The maximum atomic E-state index is 12.2. The van der Waals surface area contributed by atoms with Crippen LogP contribution in [0, 0.1) is 11.8 Å². The quantitative estimate of drug-likeness (QED) is 0.279. The van der Waals surface area contributed by atoms with E-state index in [1.807, 2.05) is 32.1 Å². The van der Waals surface area contributed by atoms with Crippen LogP contribution in [0.2, 0.25) is 0 Å². The number of aliphatic hydroxyl groups is 2. The predicted octanol–water partition coefficient (Wildman–Crippen LogP) is 4.12. The molecule has 5 nitrogen and oxygen atoms in total. The number of hydrogen-bond donors (Lipinski definition) is 2. The summed E-state index contributed by atoms with van der Waals surface area (Å²) in [6.45, 7) is 5.79. The second kappa shape index (κ2) is 13.7. The fourth-order valence-electron chi connectivity index (χ4n) is 3.53. The van der Waals surface area contributed by atoms with Crippen LogP contribution in [0.5, 0.6) is 0 Å². The summed E-state index contributed by atoms with van der Waals surface area (Å²) in [5.74, 6) is -0.580. The van der Waals surface area contributed by atoms with Crippen molar-refractivity contribution in [1.82, 2.24) is 0 Å². The minimum atomic E-state index is -0.671. The zero-order valence-corrected chi connectivity index (χ0v) is 17.7. The Labute approximate surface area is 169 Å². The van der Waals surface area contributed by atoms with Crippen molar-refractivity contribution in [3.8, 4) is 0 Å². The summed E-state index contributed by atoms with van der Waals surface area (Å²) in [6, 6.07) is 0. The second-order valence-corrected chi connectivity index (χ2v) is 8.01. The Morgan fingerprint density at radius 2 is 2.00 bits per heavy atom. The van der Waals surface area contributed by atoms with Gasteiger partial charge in [0.25, 0.3) is 0 Å². The number of rotatable bonds is 13. The Hall–Kier alpha value is -1.46. The molecule has 0 aromatic carbocycles. The molecule has 28 heavy (non-hydrogen) atoms. The lowest BCUT2D eigenvalue weighted by atomic mass is 9.90. The highest BCUT2D eigenvalue weighted by Gasteiger charge is 2.39. The largest absolute Gasteiger partial charge is 0.463 e. The van der Waals surface area contributed by atoms with E-state index in [0.29, 0.717) is 19.3 Å². The first-order valence-electron chi connectivity index (χ1n) is 10.8. The third-order valence-electron chi connectivity index (χ3n) is 5.07. The van der Waals surface area contributed by atoms with E-state index in [0.717, 1.165) is 32.1 Å². The van der Waals surface area contributed by atoms with Crippen LogP contribution in [0.15, 0.2) is 24.3 Å². The molecule has 0 heterocycles. The van der Waals surface area contributed by atoms with Crippen molar-refractivity contribution in [2.24, 2.45) is 11.8 Å². The van der Waals surface area contributed by atoms with Gasteiger partial charge in [0.2, 0.25) is 0 Å². The van der Waals surface area contributed by atoms with E-state index in [4.69, 9.17) is 4.74 Å². The zero-order valence-electron chi connectivity index (χ0n) is 17.7. The highest BCUT2D eigenvalue weighted by Crippen LogP contribution is 2.33. The van der Waals surface area contributed by atoms with Crippen LogP contribution in [0.1, 0.15) is 78.6 Å². The molecule has 5 heteroatoms.